The van der Waals surface area contributed by atoms with Gasteiger partial charge in [0.2, 0.25) is 11.8 Å². The van der Waals surface area contributed by atoms with Crippen LogP contribution in [0.5, 0.6) is 11.8 Å². The molecule has 0 aliphatic carbocycles. The molecular weight excluding hydrogens is 303 g/mol. The summed E-state index contributed by atoms with van der Waals surface area (Å²) in [4.78, 5) is 14.8. The van der Waals surface area contributed by atoms with E-state index in [0.29, 0.717) is 0 Å². The number of halogens is 4. The maximum absolute atomic E-state index is 12.4. The zero-order chi connectivity index (χ0) is 15.3. The van der Waals surface area contributed by atoms with Crippen LogP contribution in [0.1, 0.15) is 11.1 Å². The zero-order valence-corrected chi connectivity index (χ0v) is 11.3. The second-order valence-electron chi connectivity index (χ2n) is 3.54. The van der Waals surface area contributed by atoms with Crippen LogP contribution in [0, 0.1) is 0 Å². The number of esters is 1. The maximum Gasteiger partial charge on any atom is 0.574 e. The van der Waals surface area contributed by atoms with Crippen molar-refractivity contribution in [2.24, 2.45) is 0 Å². The minimum atomic E-state index is -4.95. The predicted molar refractivity (Wildman–Crippen MR) is 62.7 cm³/mol. The Morgan fingerprint density at radius 2 is 2.05 bits per heavy atom. The molecule has 1 rings (SSSR count). The van der Waals surface area contributed by atoms with Crippen molar-refractivity contribution in [3.8, 4) is 11.8 Å². The van der Waals surface area contributed by atoms with Crippen LogP contribution >= 0.6 is 11.6 Å². The van der Waals surface area contributed by atoms with Crippen molar-refractivity contribution in [2.75, 3.05) is 14.2 Å². The first-order chi connectivity index (χ1) is 9.30. The normalized spacial score (nSPS) is 11.1. The van der Waals surface area contributed by atoms with Gasteiger partial charge in [-0.3, -0.25) is 4.79 Å². The molecule has 0 N–H and O–H groups in total. The fourth-order valence-electron chi connectivity index (χ4n) is 1.40. The summed E-state index contributed by atoms with van der Waals surface area (Å²) >= 11 is 5.66. The SMILES string of the molecule is COC(=O)Cc1c(CCl)cc(OC)nc1OC(F)(F)F. The third-order valence-electron chi connectivity index (χ3n) is 2.27. The molecule has 0 saturated heterocycles. The molecule has 0 saturated carbocycles. The highest BCUT2D eigenvalue weighted by Gasteiger charge is 2.34. The molecule has 0 bridgehead atoms. The van der Waals surface area contributed by atoms with E-state index in [1.807, 2.05) is 0 Å². The first-order valence-electron chi connectivity index (χ1n) is 5.26. The quantitative estimate of drug-likeness (QED) is 0.617. The van der Waals surface area contributed by atoms with Gasteiger partial charge >= 0.3 is 12.3 Å². The number of carbonyl (C=O) groups excluding carboxylic acids is 1. The zero-order valence-electron chi connectivity index (χ0n) is 10.6. The van der Waals surface area contributed by atoms with Crippen LogP contribution in [0.2, 0.25) is 0 Å². The molecule has 20 heavy (non-hydrogen) atoms. The summed E-state index contributed by atoms with van der Waals surface area (Å²) < 4.78 is 50.1. The minimum Gasteiger partial charge on any atom is -0.481 e. The molecule has 0 aromatic carbocycles. The molecule has 0 atom stereocenters. The third kappa shape index (κ3) is 4.44. The summed E-state index contributed by atoms with van der Waals surface area (Å²) in [5.41, 5.74) is 0.146. The number of hydrogen-bond acceptors (Lipinski definition) is 5. The molecule has 0 radical (unpaired) electrons. The van der Waals surface area contributed by atoms with Gasteiger partial charge in [0.15, 0.2) is 0 Å². The van der Waals surface area contributed by atoms with Crippen molar-refractivity contribution in [3.05, 3.63) is 17.2 Å². The number of carbonyl (C=O) groups is 1. The summed E-state index contributed by atoms with van der Waals surface area (Å²) in [7, 11) is 2.35. The Bertz CT molecular complexity index is 493. The van der Waals surface area contributed by atoms with Gasteiger partial charge in [-0.15, -0.1) is 24.8 Å². The lowest BCUT2D eigenvalue weighted by Gasteiger charge is -2.15. The topological polar surface area (TPSA) is 57.7 Å². The fourth-order valence-corrected chi connectivity index (χ4v) is 1.64. The summed E-state index contributed by atoms with van der Waals surface area (Å²) in [5.74, 6) is -1.76. The lowest BCUT2D eigenvalue weighted by atomic mass is 10.1. The van der Waals surface area contributed by atoms with Crippen molar-refractivity contribution in [1.29, 1.82) is 0 Å². The first kappa shape index (κ1) is 16.4. The number of pyridine rings is 1. The number of ether oxygens (including phenoxy) is 3. The van der Waals surface area contributed by atoms with Gasteiger partial charge in [0, 0.05) is 17.5 Å². The largest absolute Gasteiger partial charge is 0.574 e. The molecule has 9 heteroatoms. The van der Waals surface area contributed by atoms with E-state index in [9.17, 15) is 18.0 Å². The number of nitrogens with zero attached hydrogens (tertiary/aromatic N) is 1. The highest BCUT2D eigenvalue weighted by molar-refractivity contribution is 6.17. The molecule has 0 fully saturated rings. The number of hydrogen-bond donors (Lipinski definition) is 0. The molecule has 0 unspecified atom stereocenters. The van der Waals surface area contributed by atoms with Crippen LogP contribution < -0.4 is 9.47 Å². The average molecular weight is 314 g/mol. The predicted octanol–water partition coefficient (Wildman–Crippen LogP) is 2.44. The van der Waals surface area contributed by atoms with Crippen molar-refractivity contribution < 1.29 is 32.2 Å². The number of rotatable bonds is 5. The van der Waals surface area contributed by atoms with Gasteiger partial charge in [0.25, 0.3) is 0 Å². The molecule has 0 spiro atoms. The van der Waals surface area contributed by atoms with Crippen molar-refractivity contribution in [1.82, 2.24) is 4.98 Å². The van der Waals surface area contributed by atoms with Crippen molar-refractivity contribution >= 4 is 17.6 Å². The van der Waals surface area contributed by atoms with E-state index in [1.54, 1.807) is 0 Å². The van der Waals surface area contributed by atoms with Gasteiger partial charge in [-0.2, -0.15) is 4.98 Å². The standard InChI is InChI=1S/C11H11ClF3NO4/c1-18-8-3-6(5-12)7(4-9(17)19-2)10(16-8)20-11(13,14)15/h3H,4-5H2,1-2H3. The van der Waals surface area contributed by atoms with E-state index < -0.39 is 24.6 Å². The van der Waals surface area contributed by atoms with Gasteiger partial charge in [0.05, 0.1) is 20.6 Å². The molecule has 1 heterocycles. The Morgan fingerprint density at radius 3 is 2.50 bits per heavy atom. The monoisotopic (exact) mass is 313 g/mol. The van der Waals surface area contributed by atoms with Gasteiger partial charge in [0.1, 0.15) is 0 Å². The second kappa shape index (κ2) is 6.65. The van der Waals surface area contributed by atoms with Crippen molar-refractivity contribution in [2.45, 2.75) is 18.7 Å². The lowest BCUT2D eigenvalue weighted by Crippen LogP contribution is -2.20. The van der Waals surface area contributed by atoms with Crippen LogP contribution in [0.15, 0.2) is 6.07 Å². The average Bonchev–Trinajstić information content (AvgIpc) is 2.38. The summed E-state index contributed by atoms with van der Waals surface area (Å²) in [6, 6.07) is 1.33. The molecule has 1 aromatic heterocycles. The van der Waals surface area contributed by atoms with Crippen molar-refractivity contribution in [3.63, 3.8) is 0 Å². The Labute approximate surface area is 117 Å². The van der Waals surface area contributed by atoms with Crippen LogP contribution in [0.25, 0.3) is 0 Å². The molecule has 1 aromatic rings. The van der Waals surface area contributed by atoms with Gasteiger partial charge in [-0.05, 0) is 5.56 Å². The smallest absolute Gasteiger partial charge is 0.481 e. The lowest BCUT2D eigenvalue weighted by molar-refractivity contribution is -0.276. The van der Waals surface area contributed by atoms with E-state index in [4.69, 9.17) is 16.3 Å². The Morgan fingerprint density at radius 1 is 1.40 bits per heavy atom. The van der Waals surface area contributed by atoms with Crippen LogP contribution in [-0.4, -0.2) is 31.5 Å². The Hall–Kier alpha value is -1.70. The van der Waals surface area contributed by atoms with E-state index in [-0.39, 0.29) is 22.9 Å². The fraction of sp³-hybridized carbons (Fsp3) is 0.455. The summed E-state index contributed by atoms with van der Waals surface area (Å²) in [5, 5.41) is 0. The van der Waals surface area contributed by atoms with Crippen LogP contribution in [-0.2, 0) is 21.8 Å². The number of methoxy groups -OCH3 is 2. The van der Waals surface area contributed by atoms with Crippen LogP contribution in [0.4, 0.5) is 13.2 Å². The first-order valence-corrected chi connectivity index (χ1v) is 5.79. The molecule has 0 amide bonds. The Kier molecular flexibility index (Phi) is 5.43. The molecule has 112 valence electrons. The maximum atomic E-state index is 12.4. The minimum absolute atomic E-state index is 0.0926. The summed E-state index contributed by atoms with van der Waals surface area (Å²) in [6.45, 7) is 0. The van der Waals surface area contributed by atoms with E-state index in [2.05, 4.69) is 14.5 Å². The third-order valence-corrected chi connectivity index (χ3v) is 2.56. The molecular formula is C11H11ClF3NO4. The molecule has 0 aliphatic heterocycles. The summed E-state index contributed by atoms with van der Waals surface area (Å²) in [6.07, 6.45) is -5.39. The van der Waals surface area contributed by atoms with E-state index >= 15 is 0 Å². The van der Waals surface area contributed by atoms with Gasteiger partial charge in [-0.25, -0.2) is 0 Å². The van der Waals surface area contributed by atoms with Gasteiger partial charge < -0.3 is 14.2 Å². The van der Waals surface area contributed by atoms with E-state index in [0.717, 1.165) is 7.11 Å². The van der Waals surface area contributed by atoms with Crippen LogP contribution in [0.3, 0.4) is 0 Å². The van der Waals surface area contributed by atoms with Gasteiger partial charge in [-0.1, -0.05) is 0 Å². The highest BCUT2D eigenvalue weighted by Crippen LogP contribution is 2.31. The second-order valence-corrected chi connectivity index (χ2v) is 3.81. The molecule has 0 aliphatic rings. The molecule has 5 nitrogen and oxygen atoms in total. The highest BCUT2D eigenvalue weighted by atomic mass is 35.5. The number of alkyl halides is 4. The Balaban J connectivity index is 3.30. The number of aromatic nitrogens is 1. The van der Waals surface area contributed by atoms with E-state index in [1.165, 1.54) is 13.2 Å².